The minimum Gasteiger partial charge on any atom is -0.350 e. The first kappa shape index (κ1) is 13.4. The molecule has 4 rings (SSSR count). The molecule has 0 saturated carbocycles. The Kier molecular flexibility index (Phi) is 3.16. The van der Waals surface area contributed by atoms with Crippen LogP contribution in [0.15, 0.2) is 53.6 Å². The molecular formula is C18H15ClN2O. The first-order chi connectivity index (χ1) is 10.7. The summed E-state index contributed by atoms with van der Waals surface area (Å²) < 4.78 is 2.25. The first-order valence-corrected chi connectivity index (χ1v) is 7.75. The Morgan fingerprint density at radius 3 is 3.05 bits per heavy atom. The van der Waals surface area contributed by atoms with Crippen LogP contribution in [0.25, 0.3) is 16.5 Å². The Labute approximate surface area is 133 Å². The highest BCUT2D eigenvalue weighted by Gasteiger charge is 2.20. The summed E-state index contributed by atoms with van der Waals surface area (Å²) in [6.07, 6.45) is 8.82. The van der Waals surface area contributed by atoms with E-state index in [1.54, 1.807) is 0 Å². The maximum absolute atomic E-state index is 12.2. The Balaban J connectivity index is 1.96. The molecule has 0 saturated heterocycles. The van der Waals surface area contributed by atoms with Crippen LogP contribution in [0.1, 0.15) is 22.5 Å². The average Bonchev–Trinajstić information content (AvgIpc) is 2.64. The van der Waals surface area contributed by atoms with Crippen molar-refractivity contribution in [2.45, 2.75) is 13.0 Å². The van der Waals surface area contributed by atoms with Gasteiger partial charge >= 0.3 is 0 Å². The minimum absolute atomic E-state index is 0.00619. The van der Waals surface area contributed by atoms with Crippen LogP contribution in [0.3, 0.4) is 0 Å². The summed E-state index contributed by atoms with van der Waals surface area (Å²) in [5.74, 6) is 0.00619. The Morgan fingerprint density at radius 2 is 2.14 bits per heavy atom. The van der Waals surface area contributed by atoms with Crippen molar-refractivity contribution in [3.8, 4) is 0 Å². The van der Waals surface area contributed by atoms with Crippen LogP contribution in [0.4, 0.5) is 0 Å². The van der Waals surface area contributed by atoms with Gasteiger partial charge in [0.15, 0.2) is 0 Å². The Morgan fingerprint density at radius 1 is 1.23 bits per heavy atom. The largest absolute Gasteiger partial charge is 0.350 e. The van der Waals surface area contributed by atoms with E-state index in [1.165, 1.54) is 5.57 Å². The zero-order valence-corrected chi connectivity index (χ0v) is 12.7. The monoisotopic (exact) mass is 310 g/mol. The fraction of sp³-hybridized carbons (Fsp3) is 0.167. The van der Waals surface area contributed by atoms with Gasteiger partial charge in [0.2, 0.25) is 0 Å². The predicted molar refractivity (Wildman–Crippen MR) is 89.9 cm³/mol. The molecule has 2 aliphatic rings. The van der Waals surface area contributed by atoms with Gasteiger partial charge in [0.05, 0.1) is 11.1 Å². The predicted octanol–water partition coefficient (Wildman–Crippen LogP) is 3.85. The summed E-state index contributed by atoms with van der Waals surface area (Å²) >= 11 is 6.08. The van der Waals surface area contributed by atoms with E-state index >= 15 is 0 Å². The molecule has 1 N–H and O–H groups in total. The molecule has 2 aromatic rings. The number of para-hydroxylation sites is 1. The number of benzene rings is 1. The highest BCUT2D eigenvalue weighted by atomic mass is 35.5. The van der Waals surface area contributed by atoms with Crippen molar-refractivity contribution < 1.29 is 4.79 Å². The molecule has 0 spiro atoms. The molecule has 0 radical (unpaired) electrons. The SMILES string of the molecule is O=C1NCCn2c(C3=CC=C(Cl)C=CC3)cc3cccc1c32. The zero-order chi connectivity index (χ0) is 15.1. The third kappa shape index (κ3) is 2.09. The second kappa shape index (κ2) is 5.18. The van der Waals surface area contributed by atoms with Crippen LogP contribution in [0, 0.1) is 0 Å². The zero-order valence-electron chi connectivity index (χ0n) is 12.0. The van der Waals surface area contributed by atoms with E-state index < -0.39 is 0 Å². The lowest BCUT2D eigenvalue weighted by Crippen LogP contribution is -2.24. The van der Waals surface area contributed by atoms with E-state index in [0.29, 0.717) is 6.54 Å². The highest BCUT2D eigenvalue weighted by molar-refractivity contribution is 6.31. The molecule has 4 heteroatoms. The lowest BCUT2D eigenvalue weighted by Gasteiger charge is -2.10. The fourth-order valence-corrected chi connectivity index (χ4v) is 3.33. The molecule has 1 aromatic carbocycles. The summed E-state index contributed by atoms with van der Waals surface area (Å²) in [6.45, 7) is 1.42. The van der Waals surface area contributed by atoms with Crippen LogP contribution < -0.4 is 5.32 Å². The molecule has 0 atom stereocenters. The summed E-state index contributed by atoms with van der Waals surface area (Å²) in [5.41, 5.74) is 4.14. The average molecular weight is 311 g/mol. The lowest BCUT2D eigenvalue weighted by molar-refractivity contribution is 0.0956. The van der Waals surface area contributed by atoms with E-state index in [0.717, 1.165) is 40.2 Å². The van der Waals surface area contributed by atoms with Crippen LogP contribution in [0.2, 0.25) is 0 Å². The van der Waals surface area contributed by atoms with Gasteiger partial charge in [-0.25, -0.2) is 0 Å². The third-order valence-electron chi connectivity index (χ3n) is 4.17. The molecule has 1 aliphatic carbocycles. The van der Waals surface area contributed by atoms with Crippen molar-refractivity contribution in [2.24, 2.45) is 0 Å². The molecule has 22 heavy (non-hydrogen) atoms. The molecule has 1 aliphatic heterocycles. The van der Waals surface area contributed by atoms with Gasteiger partial charge in [0, 0.05) is 29.2 Å². The molecule has 1 amide bonds. The van der Waals surface area contributed by atoms with E-state index in [1.807, 2.05) is 24.3 Å². The lowest BCUT2D eigenvalue weighted by atomic mass is 10.1. The number of rotatable bonds is 1. The van der Waals surface area contributed by atoms with Crippen LogP contribution in [-0.2, 0) is 6.54 Å². The number of hydrogen-bond acceptors (Lipinski definition) is 1. The fourth-order valence-electron chi connectivity index (χ4n) is 3.17. The second-order valence-electron chi connectivity index (χ2n) is 5.53. The van der Waals surface area contributed by atoms with E-state index in [2.05, 4.69) is 34.2 Å². The number of carbonyl (C=O) groups is 1. The van der Waals surface area contributed by atoms with Crippen LogP contribution in [0.5, 0.6) is 0 Å². The summed E-state index contributed by atoms with van der Waals surface area (Å²) in [4.78, 5) is 12.2. The maximum Gasteiger partial charge on any atom is 0.253 e. The maximum atomic E-state index is 12.2. The van der Waals surface area contributed by atoms with Crippen LogP contribution >= 0.6 is 11.6 Å². The number of halogens is 1. The number of hydrogen-bond donors (Lipinski definition) is 1. The van der Waals surface area contributed by atoms with Gasteiger partial charge in [-0.3, -0.25) is 4.79 Å². The molecule has 0 bridgehead atoms. The van der Waals surface area contributed by atoms with E-state index in [4.69, 9.17) is 11.6 Å². The van der Waals surface area contributed by atoms with Gasteiger partial charge in [0.25, 0.3) is 5.91 Å². The second-order valence-corrected chi connectivity index (χ2v) is 5.97. The van der Waals surface area contributed by atoms with Crippen molar-refractivity contribution in [3.63, 3.8) is 0 Å². The number of allylic oxidation sites excluding steroid dienone is 6. The van der Waals surface area contributed by atoms with E-state index in [9.17, 15) is 4.79 Å². The molecule has 1 aromatic heterocycles. The van der Waals surface area contributed by atoms with E-state index in [-0.39, 0.29) is 5.91 Å². The smallest absolute Gasteiger partial charge is 0.253 e. The molecule has 0 unspecified atom stereocenters. The van der Waals surface area contributed by atoms with Gasteiger partial charge in [-0.2, -0.15) is 0 Å². The standard InChI is InChI=1S/C18H15ClN2O/c19-14-5-1-3-12(7-8-14)16-11-13-4-2-6-15-17(13)21(16)10-9-20-18(15)22/h1-2,4-8,11H,3,9-10H2,(H,20,22). The van der Waals surface area contributed by atoms with Gasteiger partial charge in [-0.15, -0.1) is 0 Å². The number of nitrogens with zero attached hydrogens (tertiary/aromatic N) is 1. The highest BCUT2D eigenvalue weighted by Crippen LogP contribution is 2.31. The number of aromatic nitrogens is 1. The summed E-state index contributed by atoms with van der Waals surface area (Å²) in [6, 6.07) is 8.06. The molecule has 0 fully saturated rings. The minimum atomic E-state index is 0.00619. The molecule has 2 heterocycles. The Bertz CT molecular complexity index is 871. The number of carbonyl (C=O) groups excluding carboxylic acids is 1. The third-order valence-corrected chi connectivity index (χ3v) is 4.43. The summed E-state index contributed by atoms with van der Waals surface area (Å²) in [7, 11) is 0. The van der Waals surface area contributed by atoms with Crippen molar-refractivity contribution in [1.82, 2.24) is 9.88 Å². The van der Waals surface area contributed by atoms with Crippen molar-refractivity contribution in [2.75, 3.05) is 6.54 Å². The normalized spacial score (nSPS) is 17.6. The number of nitrogens with one attached hydrogen (secondary N) is 1. The van der Waals surface area contributed by atoms with Crippen molar-refractivity contribution in [1.29, 1.82) is 0 Å². The number of amides is 1. The summed E-state index contributed by atoms with van der Waals surface area (Å²) in [5, 5.41) is 4.80. The van der Waals surface area contributed by atoms with Crippen molar-refractivity contribution in [3.05, 3.63) is 64.9 Å². The van der Waals surface area contributed by atoms with Crippen LogP contribution in [-0.4, -0.2) is 17.0 Å². The van der Waals surface area contributed by atoms with Gasteiger partial charge in [0.1, 0.15) is 0 Å². The van der Waals surface area contributed by atoms with Gasteiger partial charge in [-0.05, 0) is 36.3 Å². The topological polar surface area (TPSA) is 34.0 Å². The van der Waals surface area contributed by atoms with Gasteiger partial charge < -0.3 is 9.88 Å². The first-order valence-electron chi connectivity index (χ1n) is 7.38. The van der Waals surface area contributed by atoms with Gasteiger partial charge in [-0.1, -0.05) is 35.9 Å². The van der Waals surface area contributed by atoms with Crippen molar-refractivity contribution >= 4 is 34.0 Å². The Hall–Kier alpha value is -2.26. The quantitative estimate of drug-likeness (QED) is 0.853. The molecular weight excluding hydrogens is 296 g/mol. The molecule has 3 nitrogen and oxygen atoms in total. The molecule has 110 valence electrons.